The van der Waals surface area contributed by atoms with Crippen molar-refractivity contribution in [2.24, 2.45) is 11.1 Å². The maximum atomic E-state index is 12.8. The zero-order valence-corrected chi connectivity index (χ0v) is 11.8. The highest BCUT2D eigenvalue weighted by Crippen LogP contribution is 2.31. The second-order valence-electron chi connectivity index (χ2n) is 6.48. The molecule has 3 heterocycles. The Morgan fingerprint density at radius 2 is 2.16 bits per heavy atom. The van der Waals surface area contributed by atoms with Gasteiger partial charge in [0.25, 0.3) is 0 Å². The smallest absolute Gasteiger partial charge is 0.232 e. The third kappa shape index (κ3) is 2.28. The molecular weight excluding hydrogens is 242 g/mol. The van der Waals surface area contributed by atoms with Gasteiger partial charge in [-0.25, -0.2) is 0 Å². The van der Waals surface area contributed by atoms with Gasteiger partial charge in [0.05, 0.1) is 18.6 Å². The molecule has 0 aliphatic carbocycles. The molecule has 3 saturated heterocycles. The molecule has 0 aromatic rings. The maximum Gasteiger partial charge on any atom is 0.232 e. The Morgan fingerprint density at radius 3 is 2.89 bits per heavy atom. The Kier molecular flexibility index (Phi) is 3.53. The Morgan fingerprint density at radius 1 is 1.32 bits per heavy atom. The van der Waals surface area contributed by atoms with Crippen LogP contribution >= 0.6 is 0 Å². The van der Waals surface area contributed by atoms with Crippen molar-refractivity contribution < 1.29 is 9.53 Å². The number of rotatable bonds is 1. The van der Waals surface area contributed by atoms with Crippen molar-refractivity contribution in [3.05, 3.63) is 0 Å². The number of amides is 1. The number of hydrogen-bond donors (Lipinski definition) is 1. The van der Waals surface area contributed by atoms with Crippen LogP contribution in [-0.2, 0) is 9.53 Å². The van der Waals surface area contributed by atoms with Gasteiger partial charge in [-0.3, -0.25) is 9.69 Å². The summed E-state index contributed by atoms with van der Waals surface area (Å²) in [6.07, 6.45) is 3.83. The second kappa shape index (κ2) is 5.04. The van der Waals surface area contributed by atoms with E-state index in [1.165, 1.54) is 25.8 Å². The normalized spacial score (nSPS) is 40.2. The number of nitrogens with zero attached hydrogens (tertiary/aromatic N) is 2. The summed E-state index contributed by atoms with van der Waals surface area (Å²) in [4.78, 5) is 17.3. The van der Waals surface area contributed by atoms with Crippen LogP contribution in [0.3, 0.4) is 0 Å². The van der Waals surface area contributed by atoms with Crippen molar-refractivity contribution in [2.45, 2.75) is 38.3 Å². The van der Waals surface area contributed by atoms with Gasteiger partial charge >= 0.3 is 0 Å². The molecule has 3 atom stereocenters. The molecule has 3 aliphatic heterocycles. The standard InChI is InChI=1S/C14H25N3O2/c1-14(10-19-9-12(14)15)13(18)17-7-6-16-5-3-2-4-11(16)8-17/h11-12H,2-10,15H2,1H3. The molecule has 0 radical (unpaired) electrons. The van der Waals surface area contributed by atoms with Gasteiger partial charge in [0.15, 0.2) is 0 Å². The summed E-state index contributed by atoms with van der Waals surface area (Å²) in [5.74, 6) is 0.197. The molecule has 1 amide bonds. The first-order chi connectivity index (χ1) is 9.11. The van der Waals surface area contributed by atoms with Crippen molar-refractivity contribution >= 4 is 5.91 Å². The molecule has 5 nitrogen and oxygen atoms in total. The summed E-state index contributed by atoms with van der Waals surface area (Å²) in [6, 6.07) is 0.401. The number of ether oxygens (including phenoxy) is 1. The Hall–Kier alpha value is -0.650. The number of nitrogens with two attached hydrogens (primary N) is 1. The highest BCUT2D eigenvalue weighted by atomic mass is 16.5. The molecule has 19 heavy (non-hydrogen) atoms. The quantitative estimate of drug-likeness (QED) is 0.729. The van der Waals surface area contributed by atoms with E-state index in [0.29, 0.717) is 19.3 Å². The van der Waals surface area contributed by atoms with E-state index in [9.17, 15) is 4.79 Å². The molecule has 0 aromatic carbocycles. The van der Waals surface area contributed by atoms with E-state index in [1.807, 2.05) is 11.8 Å². The summed E-state index contributed by atoms with van der Waals surface area (Å²) >= 11 is 0. The maximum absolute atomic E-state index is 12.8. The van der Waals surface area contributed by atoms with Crippen LogP contribution in [0.5, 0.6) is 0 Å². The Balaban J connectivity index is 1.67. The minimum atomic E-state index is -0.517. The van der Waals surface area contributed by atoms with Crippen LogP contribution in [0.2, 0.25) is 0 Å². The lowest BCUT2D eigenvalue weighted by atomic mass is 9.83. The third-order valence-corrected chi connectivity index (χ3v) is 5.13. The van der Waals surface area contributed by atoms with Gasteiger partial charge in [0.2, 0.25) is 5.91 Å². The van der Waals surface area contributed by atoms with Gasteiger partial charge in [0, 0.05) is 31.7 Å². The van der Waals surface area contributed by atoms with Gasteiger partial charge < -0.3 is 15.4 Å². The number of carbonyl (C=O) groups is 1. The highest BCUT2D eigenvalue weighted by Gasteiger charge is 2.47. The van der Waals surface area contributed by atoms with Gasteiger partial charge in [-0.15, -0.1) is 0 Å². The highest BCUT2D eigenvalue weighted by molar-refractivity contribution is 5.84. The summed E-state index contributed by atoms with van der Waals surface area (Å²) in [5.41, 5.74) is 5.55. The first-order valence-electron chi connectivity index (χ1n) is 7.48. The largest absolute Gasteiger partial charge is 0.379 e. The minimum absolute atomic E-state index is 0.163. The van der Waals surface area contributed by atoms with E-state index in [2.05, 4.69) is 4.90 Å². The van der Waals surface area contributed by atoms with E-state index in [1.54, 1.807) is 0 Å². The predicted molar refractivity (Wildman–Crippen MR) is 72.7 cm³/mol. The molecule has 3 rings (SSSR count). The number of hydrogen-bond acceptors (Lipinski definition) is 4. The van der Waals surface area contributed by atoms with Crippen LogP contribution in [0.1, 0.15) is 26.2 Å². The van der Waals surface area contributed by atoms with Crippen molar-refractivity contribution in [1.82, 2.24) is 9.80 Å². The average molecular weight is 267 g/mol. The fraction of sp³-hybridized carbons (Fsp3) is 0.929. The van der Waals surface area contributed by atoms with Crippen LogP contribution < -0.4 is 5.73 Å². The molecule has 108 valence electrons. The van der Waals surface area contributed by atoms with E-state index in [4.69, 9.17) is 10.5 Å². The third-order valence-electron chi connectivity index (χ3n) is 5.13. The van der Waals surface area contributed by atoms with Crippen molar-refractivity contribution in [3.63, 3.8) is 0 Å². The van der Waals surface area contributed by atoms with Crippen molar-refractivity contribution in [1.29, 1.82) is 0 Å². The van der Waals surface area contributed by atoms with Crippen LogP contribution in [0, 0.1) is 5.41 Å². The van der Waals surface area contributed by atoms with Crippen LogP contribution in [0.15, 0.2) is 0 Å². The Labute approximate surface area is 115 Å². The van der Waals surface area contributed by atoms with Crippen molar-refractivity contribution in [2.75, 3.05) is 39.4 Å². The molecule has 0 spiro atoms. The topological polar surface area (TPSA) is 58.8 Å². The van der Waals surface area contributed by atoms with E-state index in [0.717, 1.165) is 19.6 Å². The molecular formula is C14H25N3O2. The molecule has 0 saturated carbocycles. The molecule has 3 fully saturated rings. The first-order valence-corrected chi connectivity index (χ1v) is 7.48. The monoisotopic (exact) mass is 267 g/mol. The molecule has 3 aliphatic rings. The SMILES string of the molecule is CC1(C(=O)N2CCN3CCCCC3C2)COCC1N. The van der Waals surface area contributed by atoms with Gasteiger partial charge in [-0.05, 0) is 26.3 Å². The number of carbonyl (C=O) groups excluding carboxylic acids is 1. The summed E-state index contributed by atoms with van der Waals surface area (Å²) < 4.78 is 5.41. The lowest BCUT2D eigenvalue weighted by Gasteiger charge is -2.46. The summed E-state index contributed by atoms with van der Waals surface area (Å²) in [6.45, 7) is 6.87. The van der Waals surface area contributed by atoms with Gasteiger partial charge in [-0.2, -0.15) is 0 Å². The predicted octanol–water partition coefficient (Wildman–Crippen LogP) is 0.0469. The second-order valence-corrected chi connectivity index (χ2v) is 6.48. The number of fused-ring (bicyclic) bond motifs is 1. The zero-order chi connectivity index (χ0) is 13.5. The van der Waals surface area contributed by atoms with Crippen LogP contribution in [0.4, 0.5) is 0 Å². The van der Waals surface area contributed by atoms with Gasteiger partial charge in [0.1, 0.15) is 0 Å². The van der Waals surface area contributed by atoms with Crippen molar-refractivity contribution in [3.8, 4) is 0 Å². The zero-order valence-electron chi connectivity index (χ0n) is 11.8. The molecule has 5 heteroatoms. The average Bonchev–Trinajstić information content (AvgIpc) is 2.78. The molecule has 0 aromatic heterocycles. The number of piperidine rings is 1. The Bertz CT molecular complexity index is 363. The lowest BCUT2D eigenvalue weighted by molar-refractivity contribution is -0.145. The van der Waals surface area contributed by atoms with Gasteiger partial charge in [-0.1, -0.05) is 6.42 Å². The van der Waals surface area contributed by atoms with E-state index in [-0.39, 0.29) is 11.9 Å². The van der Waals surface area contributed by atoms with E-state index < -0.39 is 5.41 Å². The minimum Gasteiger partial charge on any atom is -0.379 e. The van der Waals surface area contributed by atoms with E-state index >= 15 is 0 Å². The molecule has 0 bridgehead atoms. The number of piperazine rings is 1. The first kappa shape index (κ1) is 13.3. The lowest BCUT2D eigenvalue weighted by Crippen LogP contribution is -2.60. The summed E-state index contributed by atoms with van der Waals surface area (Å²) in [5, 5.41) is 0. The summed E-state index contributed by atoms with van der Waals surface area (Å²) in [7, 11) is 0. The molecule has 3 unspecified atom stereocenters. The fourth-order valence-corrected chi connectivity index (χ4v) is 3.61. The molecule has 2 N–H and O–H groups in total. The van der Waals surface area contributed by atoms with Crippen LogP contribution in [0.25, 0.3) is 0 Å². The van der Waals surface area contributed by atoms with Crippen LogP contribution in [-0.4, -0.2) is 67.2 Å². The fourth-order valence-electron chi connectivity index (χ4n) is 3.61.